The second kappa shape index (κ2) is 8.96. The molecule has 3 rings (SSSR count). The smallest absolute Gasteiger partial charge is 0.206 e. The summed E-state index contributed by atoms with van der Waals surface area (Å²) in [6.45, 7) is 2.25. The van der Waals surface area contributed by atoms with Crippen LogP contribution in [0.15, 0.2) is 18.2 Å². The molecule has 2 radical (unpaired) electrons. The highest BCUT2D eigenvalue weighted by atomic mass is 19.4. The second-order valence-corrected chi connectivity index (χ2v) is 8.31. The Labute approximate surface area is 160 Å². The summed E-state index contributed by atoms with van der Waals surface area (Å²) in [5.41, 5.74) is -0.525. The van der Waals surface area contributed by atoms with E-state index in [2.05, 4.69) is 6.92 Å². The Balaban J connectivity index is 1.50. The van der Waals surface area contributed by atoms with Crippen molar-refractivity contribution in [3.63, 3.8) is 0 Å². The molecule has 0 aliphatic heterocycles. The van der Waals surface area contributed by atoms with Crippen LogP contribution in [0.3, 0.4) is 0 Å². The standard InChI is InChI=1S/C23H30F4/c1-2-3-4-16-5-7-17(8-6-16)18-9-11-19(12-10-18)20-13-14-21(22(24)15-20)23(25,26)27/h13-16,18H,2-12H2,1H3. The molecule has 27 heavy (non-hydrogen) atoms. The van der Waals surface area contributed by atoms with Crippen molar-refractivity contribution < 1.29 is 17.6 Å². The summed E-state index contributed by atoms with van der Waals surface area (Å²) in [6, 6.07) is 3.40. The molecular formula is C23H30F4. The van der Waals surface area contributed by atoms with Gasteiger partial charge in [0.15, 0.2) is 0 Å². The second-order valence-electron chi connectivity index (χ2n) is 8.31. The van der Waals surface area contributed by atoms with Crippen LogP contribution in [-0.4, -0.2) is 0 Å². The minimum Gasteiger partial charge on any atom is -0.206 e. The minimum absolute atomic E-state index is 0.646. The van der Waals surface area contributed by atoms with Gasteiger partial charge in [0, 0.05) is 5.92 Å². The van der Waals surface area contributed by atoms with Gasteiger partial charge in [-0.05, 0) is 86.8 Å². The first-order valence-electron chi connectivity index (χ1n) is 10.4. The molecule has 0 atom stereocenters. The lowest BCUT2D eigenvalue weighted by Crippen LogP contribution is -2.24. The summed E-state index contributed by atoms with van der Waals surface area (Å²) >= 11 is 0. The lowest BCUT2D eigenvalue weighted by Gasteiger charge is -2.37. The van der Waals surface area contributed by atoms with Crippen LogP contribution in [0.4, 0.5) is 17.6 Å². The topological polar surface area (TPSA) is 0 Å². The van der Waals surface area contributed by atoms with Gasteiger partial charge in [-0.25, -0.2) is 4.39 Å². The van der Waals surface area contributed by atoms with Crippen LogP contribution < -0.4 is 0 Å². The molecule has 0 unspecified atom stereocenters. The summed E-state index contributed by atoms with van der Waals surface area (Å²) in [6.07, 6.45) is 8.38. The molecule has 0 spiro atoms. The first kappa shape index (κ1) is 20.7. The lowest BCUT2D eigenvalue weighted by molar-refractivity contribution is -0.140. The van der Waals surface area contributed by atoms with Gasteiger partial charge < -0.3 is 0 Å². The summed E-state index contributed by atoms with van der Waals surface area (Å²) < 4.78 is 52.0. The average Bonchev–Trinajstić information content (AvgIpc) is 2.66. The molecule has 2 saturated carbocycles. The fraction of sp³-hybridized carbons (Fsp3) is 0.652. The summed E-state index contributed by atoms with van der Waals surface area (Å²) in [7, 11) is 0. The minimum atomic E-state index is -4.63. The first-order valence-corrected chi connectivity index (χ1v) is 10.4. The molecule has 0 heterocycles. The summed E-state index contributed by atoms with van der Waals surface area (Å²) in [5, 5.41) is 0. The zero-order chi connectivity index (χ0) is 19.4. The predicted molar refractivity (Wildman–Crippen MR) is 100 cm³/mol. The Morgan fingerprint density at radius 3 is 2.19 bits per heavy atom. The normalized spacial score (nSPS) is 21.7. The average molecular weight is 382 g/mol. The van der Waals surface area contributed by atoms with Gasteiger partial charge in [0.2, 0.25) is 0 Å². The molecular weight excluding hydrogens is 352 g/mol. The molecule has 2 fully saturated rings. The quantitative estimate of drug-likeness (QED) is 0.454. The highest BCUT2D eigenvalue weighted by Gasteiger charge is 2.35. The molecule has 0 saturated heterocycles. The van der Waals surface area contributed by atoms with Crippen molar-refractivity contribution in [1.29, 1.82) is 0 Å². The van der Waals surface area contributed by atoms with Crippen molar-refractivity contribution in [2.24, 2.45) is 11.8 Å². The third-order valence-electron chi connectivity index (χ3n) is 6.56. The molecule has 1 aromatic carbocycles. The van der Waals surface area contributed by atoms with Crippen LogP contribution in [0, 0.1) is 29.5 Å². The number of rotatable bonds is 5. The molecule has 2 aliphatic carbocycles. The van der Waals surface area contributed by atoms with E-state index >= 15 is 0 Å². The van der Waals surface area contributed by atoms with Crippen molar-refractivity contribution in [2.45, 2.75) is 83.7 Å². The predicted octanol–water partition coefficient (Wildman–Crippen LogP) is 7.91. The molecule has 0 amide bonds. The van der Waals surface area contributed by atoms with Gasteiger partial charge in [0.1, 0.15) is 5.82 Å². The maximum atomic E-state index is 13.9. The largest absolute Gasteiger partial charge is 0.419 e. The van der Waals surface area contributed by atoms with Crippen molar-refractivity contribution in [3.05, 3.63) is 47.0 Å². The number of unbranched alkanes of at least 4 members (excludes halogenated alkanes) is 1. The van der Waals surface area contributed by atoms with Crippen LogP contribution in [0.2, 0.25) is 0 Å². The molecule has 0 aromatic heterocycles. The third kappa shape index (κ3) is 5.26. The Morgan fingerprint density at radius 1 is 0.963 bits per heavy atom. The maximum Gasteiger partial charge on any atom is 0.419 e. The van der Waals surface area contributed by atoms with Crippen LogP contribution in [-0.2, 0) is 6.18 Å². The van der Waals surface area contributed by atoms with Gasteiger partial charge >= 0.3 is 6.18 Å². The van der Waals surface area contributed by atoms with Gasteiger partial charge in [-0.2, -0.15) is 13.2 Å². The molecule has 4 heteroatoms. The molecule has 0 bridgehead atoms. The Bertz CT molecular complexity index is 591. The Morgan fingerprint density at radius 2 is 1.63 bits per heavy atom. The zero-order valence-electron chi connectivity index (χ0n) is 16.2. The maximum absolute atomic E-state index is 13.9. The van der Waals surface area contributed by atoms with E-state index in [1.54, 1.807) is 5.92 Å². The van der Waals surface area contributed by atoms with Crippen LogP contribution in [0.5, 0.6) is 0 Å². The highest BCUT2D eigenvalue weighted by molar-refractivity contribution is 5.36. The zero-order valence-corrected chi connectivity index (χ0v) is 16.2. The van der Waals surface area contributed by atoms with Crippen molar-refractivity contribution in [3.8, 4) is 0 Å². The number of benzene rings is 1. The Kier molecular flexibility index (Phi) is 6.86. The number of hydrogen-bond donors (Lipinski definition) is 0. The van der Waals surface area contributed by atoms with Crippen molar-refractivity contribution >= 4 is 0 Å². The third-order valence-corrected chi connectivity index (χ3v) is 6.56. The molecule has 0 N–H and O–H groups in total. The number of hydrogen-bond acceptors (Lipinski definition) is 0. The lowest BCUT2D eigenvalue weighted by atomic mass is 9.68. The van der Waals surface area contributed by atoms with E-state index in [0.29, 0.717) is 11.5 Å². The number of halogens is 4. The van der Waals surface area contributed by atoms with Gasteiger partial charge in [-0.1, -0.05) is 32.3 Å². The molecule has 0 nitrogen and oxygen atoms in total. The fourth-order valence-corrected chi connectivity index (χ4v) is 4.87. The Hall–Kier alpha value is -1.06. The van der Waals surface area contributed by atoms with Gasteiger partial charge in [-0.3, -0.25) is 0 Å². The van der Waals surface area contributed by atoms with E-state index in [0.717, 1.165) is 49.7 Å². The summed E-state index contributed by atoms with van der Waals surface area (Å²) in [5.74, 6) is 3.21. The van der Waals surface area contributed by atoms with Gasteiger partial charge in [-0.15, -0.1) is 0 Å². The summed E-state index contributed by atoms with van der Waals surface area (Å²) in [4.78, 5) is 0. The van der Waals surface area contributed by atoms with Crippen molar-refractivity contribution in [2.75, 3.05) is 0 Å². The monoisotopic (exact) mass is 382 g/mol. The van der Waals surface area contributed by atoms with E-state index < -0.39 is 17.6 Å². The van der Waals surface area contributed by atoms with E-state index in [4.69, 9.17) is 0 Å². The van der Waals surface area contributed by atoms with E-state index in [1.165, 1.54) is 51.0 Å². The van der Waals surface area contributed by atoms with Gasteiger partial charge in [0.25, 0.3) is 0 Å². The fourth-order valence-electron chi connectivity index (χ4n) is 4.87. The molecule has 2 aliphatic rings. The van der Waals surface area contributed by atoms with Gasteiger partial charge in [0.05, 0.1) is 5.56 Å². The first-order chi connectivity index (χ1) is 12.9. The SMILES string of the molecule is CCCCC1CC[C](C2CC[C](c3ccc(C(F)(F)F)c(F)c3)CC2)CC1. The van der Waals surface area contributed by atoms with E-state index in [9.17, 15) is 17.6 Å². The van der Waals surface area contributed by atoms with Crippen LogP contribution in [0.1, 0.15) is 88.7 Å². The van der Waals surface area contributed by atoms with E-state index in [-0.39, 0.29) is 0 Å². The van der Waals surface area contributed by atoms with E-state index in [1.807, 2.05) is 0 Å². The number of alkyl halides is 3. The molecule has 150 valence electrons. The van der Waals surface area contributed by atoms with Crippen LogP contribution in [0.25, 0.3) is 0 Å². The molecule has 1 aromatic rings. The highest BCUT2D eigenvalue weighted by Crippen LogP contribution is 2.45. The van der Waals surface area contributed by atoms with Crippen molar-refractivity contribution in [1.82, 2.24) is 0 Å². The van der Waals surface area contributed by atoms with Crippen LogP contribution >= 0.6 is 0 Å².